The summed E-state index contributed by atoms with van der Waals surface area (Å²) >= 11 is 0. The summed E-state index contributed by atoms with van der Waals surface area (Å²) in [5.41, 5.74) is 4.44. The van der Waals surface area contributed by atoms with Crippen molar-refractivity contribution in [1.29, 1.82) is 0 Å². The Labute approximate surface area is 127 Å². The Bertz CT molecular complexity index is 563. The largest absolute Gasteiger partial charge is 0.314 e. The third kappa shape index (κ3) is 3.35. The van der Waals surface area contributed by atoms with Crippen molar-refractivity contribution in [3.63, 3.8) is 0 Å². The van der Waals surface area contributed by atoms with Gasteiger partial charge in [0.1, 0.15) is 0 Å². The van der Waals surface area contributed by atoms with E-state index in [-0.39, 0.29) is 0 Å². The summed E-state index contributed by atoms with van der Waals surface area (Å²) in [5.74, 6) is 0.735. The van der Waals surface area contributed by atoms with E-state index in [0.29, 0.717) is 6.04 Å². The maximum absolute atomic E-state index is 4.27. The van der Waals surface area contributed by atoms with E-state index in [2.05, 4.69) is 47.8 Å². The van der Waals surface area contributed by atoms with Gasteiger partial charge >= 0.3 is 0 Å². The number of rotatable bonds is 6. The molecule has 3 nitrogen and oxygen atoms in total. The molecule has 0 spiro atoms. The van der Waals surface area contributed by atoms with E-state index < -0.39 is 0 Å². The van der Waals surface area contributed by atoms with E-state index in [1.54, 1.807) is 11.1 Å². The fourth-order valence-corrected chi connectivity index (χ4v) is 3.57. The van der Waals surface area contributed by atoms with E-state index >= 15 is 0 Å². The molecule has 0 amide bonds. The molecular weight excluding hydrogens is 258 g/mol. The van der Waals surface area contributed by atoms with Gasteiger partial charge in [-0.15, -0.1) is 0 Å². The second kappa shape index (κ2) is 6.44. The van der Waals surface area contributed by atoms with Gasteiger partial charge in [-0.25, -0.2) is 0 Å². The lowest BCUT2D eigenvalue weighted by Gasteiger charge is -2.24. The maximum Gasteiger partial charge on any atom is 0.0521 e. The standard InChI is InChI=1S/C18H25N3/c1-3-19-18(9-8-14-12-20-21(2)13-14)17-10-15-6-4-5-7-16(15)11-17/h4-7,12-13,17-19H,3,8-11H2,1-2H3. The minimum absolute atomic E-state index is 0.600. The highest BCUT2D eigenvalue weighted by Gasteiger charge is 2.27. The fraction of sp³-hybridized carbons (Fsp3) is 0.500. The lowest BCUT2D eigenvalue weighted by Crippen LogP contribution is -2.37. The van der Waals surface area contributed by atoms with E-state index in [0.717, 1.165) is 18.9 Å². The molecule has 1 aliphatic rings. The molecule has 1 unspecified atom stereocenters. The topological polar surface area (TPSA) is 29.9 Å². The van der Waals surface area contributed by atoms with Crippen LogP contribution in [0.3, 0.4) is 0 Å². The molecule has 0 fully saturated rings. The summed E-state index contributed by atoms with van der Waals surface area (Å²) in [6.07, 6.45) is 8.87. The zero-order valence-corrected chi connectivity index (χ0v) is 13.0. The number of benzene rings is 1. The molecule has 1 aromatic carbocycles. The minimum atomic E-state index is 0.600. The molecule has 3 heteroatoms. The summed E-state index contributed by atoms with van der Waals surface area (Å²) in [5, 5.41) is 7.98. The van der Waals surface area contributed by atoms with Crippen LogP contribution < -0.4 is 5.32 Å². The van der Waals surface area contributed by atoms with Crippen molar-refractivity contribution in [2.45, 2.75) is 38.6 Å². The molecule has 0 bridgehead atoms. The van der Waals surface area contributed by atoms with Crippen LogP contribution in [0.15, 0.2) is 36.7 Å². The van der Waals surface area contributed by atoms with Crippen molar-refractivity contribution < 1.29 is 0 Å². The SMILES string of the molecule is CCNC(CCc1cnn(C)c1)C1Cc2ccccc2C1. The maximum atomic E-state index is 4.27. The summed E-state index contributed by atoms with van der Waals surface area (Å²) in [7, 11) is 1.99. The smallest absolute Gasteiger partial charge is 0.0521 e. The number of aromatic nitrogens is 2. The Morgan fingerprint density at radius 2 is 2.00 bits per heavy atom. The first-order chi connectivity index (χ1) is 10.3. The van der Waals surface area contributed by atoms with Crippen LogP contribution in [0.4, 0.5) is 0 Å². The van der Waals surface area contributed by atoms with Gasteiger partial charge < -0.3 is 5.32 Å². The molecule has 21 heavy (non-hydrogen) atoms. The fourth-order valence-electron chi connectivity index (χ4n) is 3.57. The summed E-state index contributed by atoms with van der Waals surface area (Å²) in [6, 6.07) is 9.51. The quantitative estimate of drug-likeness (QED) is 0.883. The number of hydrogen-bond donors (Lipinski definition) is 1. The van der Waals surface area contributed by atoms with Crippen LogP contribution in [0, 0.1) is 5.92 Å². The molecule has 3 rings (SSSR count). The lowest BCUT2D eigenvalue weighted by molar-refractivity contribution is 0.351. The van der Waals surface area contributed by atoms with Crippen LogP contribution in [0.2, 0.25) is 0 Å². The molecule has 1 atom stereocenters. The monoisotopic (exact) mass is 283 g/mol. The number of fused-ring (bicyclic) bond motifs is 1. The first kappa shape index (κ1) is 14.3. The Balaban J connectivity index is 1.63. The second-order valence-corrected chi connectivity index (χ2v) is 6.16. The second-order valence-electron chi connectivity index (χ2n) is 6.16. The third-order valence-corrected chi connectivity index (χ3v) is 4.62. The number of hydrogen-bond acceptors (Lipinski definition) is 2. The van der Waals surface area contributed by atoms with Gasteiger partial charge in [0.2, 0.25) is 0 Å². The summed E-state index contributed by atoms with van der Waals surface area (Å²) in [6.45, 7) is 3.25. The molecular formula is C18H25N3. The van der Waals surface area contributed by atoms with Gasteiger partial charge in [0.05, 0.1) is 6.20 Å². The van der Waals surface area contributed by atoms with Crippen molar-refractivity contribution in [1.82, 2.24) is 15.1 Å². The van der Waals surface area contributed by atoms with Crippen molar-refractivity contribution in [2.75, 3.05) is 6.54 Å². The summed E-state index contributed by atoms with van der Waals surface area (Å²) in [4.78, 5) is 0. The molecule has 0 aliphatic heterocycles. The molecule has 1 N–H and O–H groups in total. The first-order valence-corrected chi connectivity index (χ1v) is 8.04. The average molecular weight is 283 g/mol. The van der Waals surface area contributed by atoms with Crippen molar-refractivity contribution >= 4 is 0 Å². The number of nitrogens with zero attached hydrogens (tertiary/aromatic N) is 2. The molecule has 1 aliphatic carbocycles. The first-order valence-electron chi connectivity index (χ1n) is 8.04. The zero-order chi connectivity index (χ0) is 14.7. The summed E-state index contributed by atoms with van der Waals surface area (Å²) < 4.78 is 1.89. The van der Waals surface area contributed by atoms with Gasteiger partial charge in [-0.3, -0.25) is 4.68 Å². The van der Waals surface area contributed by atoms with Crippen molar-refractivity contribution in [3.05, 3.63) is 53.3 Å². The predicted molar refractivity (Wildman–Crippen MR) is 86.3 cm³/mol. The molecule has 112 valence electrons. The van der Waals surface area contributed by atoms with Gasteiger partial charge in [-0.2, -0.15) is 5.10 Å². The number of aryl methyl sites for hydroxylation is 2. The van der Waals surface area contributed by atoms with Crippen LogP contribution in [0.1, 0.15) is 30.0 Å². The highest BCUT2D eigenvalue weighted by molar-refractivity contribution is 5.32. The van der Waals surface area contributed by atoms with Crippen LogP contribution in [-0.2, 0) is 26.3 Å². The molecule has 2 aromatic rings. The Kier molecular flexibility index (Phi) is 4.39. The number of nitrogens with one attached hydrogen (secondary N) is 1. The normalized spacial score (nSPS) is 16.1. The van der Waals surface area contributed by atoms with Gasteiger partial charge in [-0.1, -0.05) is 31.2 Å². The molecule has 1 aromatic heterocycles. The van der Waals surface area contributed by atoms with Crippen LogP contribution in [-0.4, -0.2) is 22.4 Å². The Morgan fingerprint density at radius 1 is 1.29 bits per heavy atom. The molecule has 0 radical (unpaired) electrons. The van der Waals surface area contributed by atoms with E-state index in [4.69, 9.17) is 0 Å². The van der Waals surface area contributed by atoms with Crippen molar-refractivity contribution in [3.8, 4) is 0 Å². The highest BCUT2D eigenvalue weighted by Crippen LogP contribution is 2.30. The lowest BCUT2D eigenvalue weighted by atomic mass is 9.92. The Hall–Kier alpha value is -1.61. The minimum Gasteiger partial charge on any atom is -0.314 e. The predicted octanol–water partition coefficient (Wildman–Crippen LogP) is 2.75. The molecule has 0 saturated heterocycles. The Morgan fingerprint density at radius 3 is 2.57 bits per heavy atom. The molecule has 0 saturated carbocycles. The van der Waals surface area contributed by atoms with E-state index in [1.165, 1.54) is 24.8 Å². The molecule has 1 heterocycles. The third-order valence-electron chi connectivity index (χ3n) is 4.62. The van der Waals surface area contributed by atoms with Crippen LogP contribution in [0.5, 0.6) is 0 Å². The van der Waals surface area contributed by atoms with Crippen LogP contribution in [0.25, 0.3) is 0 Å². The van der Waals surface area contributed by atoms with E-state index in [1.807, 2.05) is 17.9 Å². The van der Waals surface area contributed by atoms with Gasteiger partial charge in [0.15, 0.2) is 0 Å². The van der Waals surface area contributed by atoms with E-state index in [9.17, 15) is 0 Å². The average Bonchev–Trinajstić information content (AvgIpc) is 3.09. The highest BCUT2D eigenvalue weighted by atomic mass is 15.2. The van der Waals surface area contributed by atoms with Crippen LogP contribution >= 0.6 is 0 Å². The van der Waals surface area contributed by atoms with Gasteiger partial charge in [0, 0.05) is 19.3 Å². The van der Waals surface area contributed by atoms with Gasteiger partial charge in [-0.05, 0) is 54.8 Å². The van der Waals surface area contributed by atoms with Gasteiger partial charge in [0.25, 0.3) is 0 Å². The van der Waals surface area contributed by atoms with Crippen molar-refractivity contribution in [2.24, 2.45) is 13.0 Å². The zero-order valence-electron chi connectivity index (χ0n) is 13.0.